The molecule has 18 heavy (non-hydrogen) atoms. The zero-order chi connectivity index (χ0) is 13.4. The summed E-state index contributed by atoms with van der Waals surface area (Å²) in [7, 11) is 0. The molecule has 96 valence electrons. The Morgan fingerprint density at radius 2 is 2.22 bits per heavy atom. The van der Waals surface area contributed by atoms with Crippen molar-refractivity contribution in [1.82, 2.24) is 4.98 Å². The van der Waals surface area contributed by atoms with Crippen LogP contribution in [0.15, 0.2) is 12.1 Å². The van der Waals surface area contributed by atoms with E-state index in [0.29, 0.717) is 37.5 Å². The lowest BCUT2D eigenvalue weighted by Crippen LogP contribution is -2.11. The fraction of sp³-hybridized carbons (Fsp3) is 0.462. The van der Waals surface area contributed by atoms with Gasteiger partial charge in [-0.15, -0.1) is 0 Å². The van der Waals surface area contributed by atoms with Crippen molar-refractivity contribution >= 4 is 5.97 Å². The van der Waals surface area contributed by atoms with Gasteiger partial charge >= 0.3 is 5.97 Å². The Morgan fingerprint density at radius 3 is 2.83 bits per heavy atom. The molecule has 0 saturated heterocycles. The summed E-state index contributed by atoms with van der Waals surface area (Å²) >= 11 is 0. The predicted octanol–water partition coefficient (Wildman–Crippen LogP) is 1.85. The van der Waals surface area contributed by atoms with E-state index in [1.807, 2.05) is 13.0 Å². The minimum Gasteiger partial charge on any atom is -0.461 e. The van der Waals surface area contributed by atoms with Crippen LogP contribution in [0, 0.1) is 18.3 Å². The van der Waals surface area contributed by atoms with Crippen molar-refractivity contribution in [2.75, 3.05) is 19.8 Å². The van der Waals surface area contributed by atoms with Gasteiger partial charge < -0.3 is 9.47 Å². The third-order valence-electron chi connectivity index (χ3n) is 2.29. The van der Waals surface area contributed by atoms with Crippen LogP contribution in [0.25, 0.3) is 0 Å². The summed E-state index contributed by atoms with van der Waals surface area (Å²) in [6, 6.07) is 5.06. The molecule has 0 fully saturated rings. The molecule has 5 heteroatoms. The van der Waals surface area contributed by atoms with E-state index in [4.69, 9.17) is 14.7 Å². The minimum absolute atomic E-state index is 0.225. The highest BCUT2D eigenvalue weighted by molar-refractivity contribution is 5.87. The molecule has 0 radical (unpaired) electrons. The lowest BCUT2D eigenvalue weighted by Gasteiger charge is -2.05. The smallest absolute Gasteiger partial charge is 0.356 e. The summed E-state index contributed by atoms with van der Waals surface area (Å²) in [6.45, 7) is 5.13. The Hall–Kier alpha value is -1.93. The zero-order valence-corrected chi connectivity index (χ0v) is 10.6. The Labute approximate surface area is 106 Å². The Bertz CT molecular complexity index is 452. The van der Waals surface area contributed by atoms with Crippen molar-refractivity contribution in [2.45, 2.75) is 20.3 Å². The molecule has 0 aliphatic carbocycles. The van der Waals surface area contributed by atoms with Crippen molar-refractivity contribution in [1.29, 1.82) is 5.26 Å². The number of nitriles is 1. The molecule has 5 nitrogen and oxygen atoms in total. The summed E-state index contributed by atoms with van der Waals surface area (Å²) in [5, 5.41) is 8.75. The van der Waals surface area contributed by atoms with Crippen LogP contribution in [0.2, 0.25) is 0 Å². The number of aryl methyl sites for hydroxylation is 1. The van der Waals surface area contributed by atoms with Gasteiger partial charge in [0.25, 0.3) is 0 Å². The number of rotatable bonds is 6. The number of carbonyl (C=O) groups is 1. The number of esters is 1. The van der Waals surface area contributed by atoms with Crippen LogP contribution in [-0.2, 0) is 9.47 Å². The fourth-order valence-electron chi connectivity index (χ4n) is 1.34. The molecule has 1 rings (SSSR count). The number of nitrogens with zero attached hydrogens (tertiary/aromatic N) is 2. The first-order valence-corrected chi connectivity index (χ1v) is 5.81. The number of pyridine rings is 1. The van der Waals surface area contributed by atoms with Crippen LogP contribution in [0.1, 0.15) is 35.1 Å². The highest BCUT2D eigenvalue weighted by Gasteiger charge is 2.10. The van der Waals surface area contributed by atoms with Crippen LogP contribution in [0.4, 0.5) is 0 Å². The molecule has 0 amide bonds. The molecule has 0 unspecified atom stereocenters. The summed E-state index contributed by atoms with van der Waals surface area (Å²) in [5.74, 6) is -0.473. The van der Waals surface area contributed by atoms with Crippen LogP contribution in [0.3, 0.4) is 0 Å². The molecule has 0 aliphatic rings. The van der Waals surface area contributed by atoms with Gasteiger partial charge in [-0.1, -0.05) is 0 Å². The second-order valence-electron chi connectivity index (χ2n) is 3.63. The summed E-state index contributed by atoms with van der Waals surface area (Å²) in [4.78, 5) is 15.7. The monoisotopic (exact) mass is 248 g/mol. The third kappa shape index (κ3) is 4.15. The quantitative estimate of drug-likeness (QED) is 0.567. The van der Waals surface area contributed by atoms with Crippen LogP contribution in [-0.4, -0.2) is 30.8 Å². The fourth-order valence-corrected chi connectivity index (χ4v) is 1.34. The van der Waals surface area contributed by atoms with Crippen LogP contribution < -0.4 is 0 Å². The second-order valence-corrected chi connectivity index (χ2v) is 3.63. The largest absolute Gasteiger partial charge is 0.461 e. The van der Waals surface area contributed by atoms with E-state index < -0.39 is 5.97 Å². The number of aromatic nitrogens is 1. The zero-order valence-electron chi connectivity index (χ0n) is 10.6. The summed E-state index contributed by atoms with van der Waals surface area (Å²) in [6.07, 6.45) is 0.662. The molecule has 0 saturated carbocycles. The SMILES string of the molecule is CCOCCCOC(=O)c1ccc(C#N)c(C)n1. The standard InChI is InChI=1S/C13H16N2O3/c1-3-17-7-4-8-18-13(16)12-6-5-11(9-14)10(2)15-12/h5-6H,3-4,7-8H2,1-2H3. The van der Waals surface area contributed by atoms with Gasteiger partial charge in [0.15, 0.2) is 0 Å². The van der Waals surface area contributed by atoms with E-state index in [2.05, 4.69) is 4.98 Å². The number of hydrogen-bond donors (Lipinski definition) is 0. The van der Waals surface area contributed by atoms with Gasteiger partial charge in [-0.05, 0) is 26.0 Å². The summed E-state index contributed by atoms with van der Waals surface area (Å²) < 4.78 is 10.2. The molecule has 0 atom stereocenters. The minimum atomic E-state index is -0.473. The second kappa shape index (κ2) is 7.41. The average molecular weight is 248 g/mol. The normalized spacial score (nSPS) is 9.83. The topological polar surface area (TPSA) is 72.2 Å². The first-order valence-electron chi connectivity index (χ1n) is 5.81. The molecular formula is C13H16N2O3. The molecule has 1 aromatic heterocycles. The van der Waals surface area contributed by atoms with E-state index in [1.54, 1.807) is 13.0 Å². The highest BCUT2D eigenvalue weighted by Crippen LogP contribution is 2.06. The first kappa shape index (κ1) is 14.1. The van der Waals surface area contributed by atoms with Crippen molar-refractivity contribution < 1.29 is 14.3 Å². The number of ether oxygens (including phenoxy) is 2. The Morgan fingerprint density at radius 1 is 1.44 bits per heavy atom. The maximum atomic E-state index is 11.6. The van der Waals surface area contributed by atoms with Gasteiger partial charge in [0.2, 0.25) is 0 Å². The van der Waals surface area contributed by atoms with Crippen molar-refractivity contribution in [3.05, 3.63) is 29.1 Å². The lowest BCUT2D eigenvalue weighted by atomic mass is 10.2. The van der Waals surface area contributed by atoms with E-state index >= 15 is 0 Å². The maximum Gasteiger partial charge on any atom is 0.356 e. The summed E-state index contributed by atoms with van der Waals surface area (Å²) in [5.41, 5.74) is 1.21. The maximum absolute atomic E-state index is 11.6. The van der Waals surface area contributed by atoms with Gasteiger partial charge in [0.05, 0.1) is 17.9 Å². The molecule has 0 spiro atoms. The lowest BCUT2D eigenvalue weighted by molar-refractivity contribution is 0.0445. The van der Waals surface area contributed by atoms with Gasteiger partial charge in [-0.3, -0.25) is 0 Å². The molecule has 1 heterocycles. The molecule has 0 N–H and O–H groups in total. The Kier molecular flexibility index (Phi) is 5.81. The van der Waals surface area contributed by atoms with E-state index in [0.717, 1.165) is 0 Å². The molecular weight excluding hydrogens is 232 g/mol. The van der Waals surface area contributed by atoms with Crippen molar-refractivity contribution in [3.8, 4) is 6.07 Å². The van der Waals surface area contributed by atoms with E-state index in [1.165, 1.54) is 6.07 Å². The predicted molar refractivity (Wildman–Crippen MR) is 65.1 cm³/mol. The van der Waals surface area contributed by atoms with Gasteiger partial charge in [0.1, 0.15) is 11.8 Å². The molecule has 0 aliphatic heterocycles. The van der Waals surface area contributed by atoms with Crippen molar-refractivity contribution in [2.24, 2.45) is 0 Å². The van der Waals surface area contributed by atoms with Gasteiger partial charge in [-0.2, -0.15) is 5.26 Å². The van der Waals surface area contributed by atoms with Crippen LogP contribution in [0.5, 0.6) is 0 Å². The highest BCUT2D eigenvalue weighted by atomic mass is 16.5. The number of hydrogen-bond acceptors (Lipinski definition) is 5. The molecule has 0 bridgehead atoms. The first-order chi connectivity index (χ1) is 8.69. The van der Waals surface area contributed by atoms with E-state index in [9.17, 15) is 4.79 Å². The van der Waals surface area contributed by atoms with Crippen LogP contribution >= 0.6 is 0 Å². The van der Waals surface area contributed by atoms with Gasteiger partial charge in [-0.25, -0.2) is 9.78 Å². The van der Waals surface area contributed by atoms with Crippen molar-refractivity contribution in [3.63, 3.8) is 0 Å². The third-order valence-corrected chi connectivity index (χ3v) is 2.29. The Balaban J connectivity index is 2.47. The van der Waals surface area contributed by atoms with Gasteiger partial charge in [0, 0.05) is 19.6 Å². The number of carbonyl (C=O) groups excluding carboxylic acids is 1. The molecule has 1 aromatic rings. The average Bonchev–Trinajstić information content (AvgIpc) is 2.38. The molecule has 0 aromatic carbocycles. The van der Waals surface area contributed by atoms with E-state index in [-0.39, 0.29) is 5.69 Å².